The lowest BCUT2D eigenvalue weighted by atomic mass is 10.1. The van der Waals surface area contributed by atoms with E-state index >= 15 is 0 Å². The number of anilines is 2. The molecular weight excluding hydrogens is 436 g/mol. The predicted octanol–water partition coefficient (Wildman–Crippen LogP) is 3.76. The molecule has 0 bridgehead atoms. The van der Waals surface area contributed by atoms with Gasteiger partial charge < -0.3 is 5.32 Å². The van der Waals surface area contributed by atoms with Crippen molar-refractivity contribution in [2.45, 2.75) is 23.6 Å². The molecule has 0 atom stereocenters. The van der Waals surface area contributed by atoms with Crippen molar-refractivity contribution in [2.75, 3.05) is 16.3 Å². The van der Waals surface area contributed by atoms with E-state index in [0.29, 0.717) is 11.4 Å². The summed E-state index contributed by atoms with van der Waals surface area (Å²) in [6.45, 7) is 3.63. The standard InChI is InChI=1S/C22H22N2O5S2/c1-15-7-6-8-16(2)21(15)24-31(28,29)18-13-11-17(12-14-18)23-22(25)19-9-4-5-10-20(19)30(3,26)27/h4-14,24H,1-3H3,(H,23,25). The number of carbonyl (C=O) groups is 1. The highest BCUT2D eigenvalue weighted by Gasteiger charge is 2.19. The fraction of sp³-hybridized carbons (Fsp3) is 0.136. The molecule has 0 spiro atoms. The second-order valence-electron chi connectivity index (χ2n) is 7.12. The Morgan fingerprint density at radius 2 is 1.35 bits per heavy atom. The van der Waals surface area contributed by atoms with E-state index in [9.17, 15) is 21.6 Å². The Morgan fingerprint density at radius 3 is 1.94 bits per heavy atom. The monoisotopic (exact) mass is 458 g/mol. The van der Waals surface area contributed by atoms with Crippen molar-refractivity contribution in [3.05, 3.63) is 83.4 Å². The molecule has 0 unspecified atom stereocenters. The summed E-state index contributed by atoms with van der Waals surface area (Å²) in [4.78, 5) is 12.5. The van der Waals surface area contributed by atoms with Gasteiger partial charge in [-0.2, -0.15) is 0 Å². The number of hydrogen-bond acceptors (Lipinski definition) is 5. The van der Waals surface area contributed by atoms with Gasteiger partial charge in [-0.1, -0.05) is 30.3 Å². The number of para-hydroxylation sites is 1. The highest BCUT2D eigenvalue weighted by Crippen LogP contribution is 2.24. The van der Waals surface area contributed by atoms with E-state index < -0.39 is 25.8 Å². The van der Waals surface area contributed by atoms with Gasteiger partial charge in [-0.05, 0) is 61.4 Å². The summed E-state index contributed by atoms with van der Waals surface area (Å²) in [5.41, 5.74) is 2.48. The van der Waals surface area contributed by atoms with E-state index in [-0.39, 0.29) is 15.4 Å². The average molecular weight is 459 g/mol. The first-order valence-electron chi connectivity index (χ1n) is 9.28. The Balaban J connectivity index is 1.82. The Morgan fingerprint density at radius 1 is 0.774 bits per heavy atom. The predicted molar refractivity (Wildman–Crippen MR) is 121 cm³/mol. The number of benzene rings is 3. The van der Waals surface area contributed by atoms with Crippen LogP contribution < -0.4 is 10.0 Å². The van der Waals surface area contributed by atoms with Gasteiger partial charge in [0.25, 0.3) is 15.9 Å². The van der Waals surface area contributed by atoms with Crippen LogP contribution in [0, 0.1) is 13.8 Å². The molecule has 3 aromatic carbocycles. The van der Waals surface area contributed by atoms with E-state index in [2.05, 4.69) is 10.0 Å². The highest BCUT2D eigenvalue weighted by molar-refractivity contribution is 7.92. The van der Waals surface area contributed by atoms with Gasteiger partial charge in [0, 0.05) is 11.9 Å². The van der Waals surface area contributed by atoms with Gasteiger partial charge in [0.05, 0.1) is 21.0 Å². The molecule has 1 amide bonds. The van der Waals surface area contributed by atoms with Crippen LogP contribution in [0.2, 0.25) is 0 Å². The maximum Gasteiger partial charge on any atom is 0.261 e. The fourth-order valence-electron chi connectivity index (χ4n) is 3.06. The van der Waals surface area contributed by atoms with Gasteiger partial charge in [0.1, 0.15) is 0 Å². The normalized spacial score (nSPS) is 11.7. The summed E-state index contributed by atoms with van der Waals surface area (Å²) in [7, 11) is -7.41. The largest absolute Gasteiger partial charge is 0.322 e. The van der Waals surface area contributed by atoms with Crippen LogP contribution in [-0.2, 0) is 19.9 Å². The molecule has 0 aliphatic heterocycles. The lowest BCUT2D eigenvalue weighted by molar-refractivity contribution is 0.102. The van der Waals surface area contributed by atoms with E-state index in [0.717, 1.165) is 17.4 Å². The van der Waals surface area contributed by atoms with Gasteiger partial charge >= 0.3 is 0 Å². The van der Waals surface area contributed by atoms with Gasteiger partial charge in [-0.3, -0.25) is 9.52 Å². The molecule has 0 aromatic heterocycles. The molecule has 0 saturated carbocycles. The lowest BCUT2D eigenvalue weighted by Gasteiger charge is -2.14. The number of hydrogen-bond donors (Lipinski definition) is 2. The van der Waals surface area contributed by atoms with E-state index in [1.807, 2.05) is 32.0 Å². The third-order valence-corrected chi connectivity index (χ3v) is 7.19. The van der Waals surface area contributed by atoms with Crippen molar-refractivity contribution in [3.8, 4) is 0 Å². The van der Waals surface area contributed by atoms with Crippen LogP contribution in [0.1, 0.15) is 21.5 Å². The minimum absolute atomic E-state index is 0.0124. The van der Waals surface area contributed by atoms with Crippen molar-refractivity contribution >= 4 is 37.1 Å². The Hall–Kier alpha value is -3.17. The van der Waals surface area contributed by atoms with Crippen molar-refractivity contribution in [2.24, 2.45) is 0 Å². The molecule has 3 rings (SSSR count). The molecule has 9 heteroatoms. The van der Waals surface area contributed by atoms with Crippen LogP contribution in [0.15, 0.2) is 76.5 Å². The lowest BCUT2D eigenvalue weighted by Crippen LogP contribution is -2.17. The van der Waals surface area contributed by atoms with Crippen molar-refractivity contribution in [1.29, 1.82) is 0 Å². The second-order valence-corrected chi connectivity index (χ2v) is 10.8. The molecule has 31 heavy (non-hydrogen) atoms. The molecule has 0 aliphatic rings. The number of sulfone groups is 1. The zero-order valence-electron chi connectivity index (χ0n) is 17.2. The van der Waals surface area contributed by atoms with Gasteiger partial charge in [0.2, 0.25) is 0 Å². The molecule has 2 N–H and O–H groups in total. The van der Waals surface area contributed by atoms with Crippen molar-refractivity contribution < 1.29 is 21.6 Å². The zero-order valence-corrected chi connectivity index (χ0v) is 18.8. The highest BCUT2D eigenvalue weighted by atomic mass is 32.2. The average Bonchev–Trinajstić information content (AvgIpc) is 2.70. The number of amides is 1. The third kappa shape index (κ3) is 5.12. The first-order valence-corrected chi connectivity index (χ1v) is 12.7. The van der Waals surface area contributed by atoms with Crippen LogP contribution in [0.3, 0.4) is 0 Å². The minimum Gasteiger partial charge on any atom is -0.322 e. The SMILES string of the molecule is Cc1cccc(C)c1NS(=O)(=O)c1ccc(NC(=O)c2ccccc2S(C)(=O)=O)cc1. The number of nitrogens with one attached hydrogen (secondary N) is 2. The van der Waals surface area contributed by atoms with Crippen LogP contribution in [0.25, 0.3) is 0 Å². The first-order chi connectivity index (χ1) is 14.5. The maximum absolute atomic E-state index is 12.8. The van der Waals surface area contributed by atoms with Crippen LogP contribution in [0.4, 0.5) is 11.4 Å². The summed E-state index contributed by atoms with van der Waals surface area (Å²) in [6.07, 6.45) is 1.03. The summed E-state index contributed by atoms with van der Waals surface area (Å²) in [6, 6.07) is 17.0. The summed E-state index contributed by atoms with van der Waals surface area (Å²) < 4.78 is 51.9. The van der Waals surface area contributed by atoms with Crippen LogP contribution >= 0.6 is 0 Å². The molecule has 0 fully saturated rings. The van der Waals surface area contributed by atoms with E-state index in [4.69, 9.17) is 0 Å². The summed E-state index contributed by atoms with van der Waals surface area (Å²) in [5.74, 6) is -0.606. The summed E-state index contributed by atoms with van der Waals surface area (Å²) >= 11 is 0. The molecule has 0 aliphatic carbocycles. The Labute approximate surface area is 182 Å². The van der Waals surface area contributed by atoms with Gasteiger partial charge in [-0.25, -0.2) is 16.8 Å². The third-order valence-electron chi connectivity index (χ3n) is 4.67. The van der Waals surface area contributed by atoms with E-state index in [1.54, 1.807) is 6.07 Å². The molecule has 162 valence electrons. The summed E-state index contributed by atoms with van der Waals surface area (Å²) in [5, 5.41) is 2.60. The van der Waals surface area contributed by atoms with Crippen molar-refractivity contribution in [3.63, 3.8) is 0 Å². The zero-order chi connectivity index (χ0) is 22.8. The quantitative estimate of drug-likeness (QED) is 0.585. The Kier molecular flexibility index (Phi) is 6.19. The number of carbonyl (C=O) groups excluding carboxylic acids is 1. The Bertz CT molecular complexity index is 1330. The number of rotatable bonds is 6. The molecular formula is C22H22N2O5S2. The van der Waals surface area contributed by atoms with E-state index in [1.165, 1.54) is 42.5 Å². The van der Waals surface area contributed by atoms with Gasteiger partial charge in [-0.15, -0.1) is 0 Å². The molecule has 0 radical (unpaired) electrons. The number of aryl methyl sites for hydroxylation is 2. The topological polar surface area (TPSA) is 109 Å². The smallest absolute Gasteiger partial charge is 0.261 e. The molecule has 7 nitrogen and oxygen atoms in total. The first kappa shape index (κ1) is 22.5. The second kappa shape index (κ2) is 8.52. The molecule has 0 saturated heterocycles. The van der Waals surface area contributed by atoms with Crippen molar-refractivity contribution in [1.82, 2.24) is 0 Å². The van der Waals surface area contributed by atoms with Gasteiger partial charge in [0.15, 0.2) is 9.84 Å². The molecule has 3 aromatic rings. The number of sulfonamides is 1. The molecule has 0 heterocycles. The van der Waals surface area contributed by atoms with Crippen LogP contribution in [-0.4, -0.2) is 29.0 Å². The fourth-order valence-corrected chi connectivity index (χ4v) is 5.15. The van der Waals surface area contributed by atoms with Crippen LogP contribution in [0.5, 0.6) is 0 Å². The minimum atomic E-state index is -3.82. The maximum atomic E-state index is 12.8.